The second-order valence-corrected chi connectivity index (χ2v) is 6.07. The topological polar surface area (TPSA) is 55.1 Å². The maximum Gasteiger partial charge on any atom is 0.268 e. The Morgan fingerprint density at radius 2 is 2.26 bits per heavy atom. The number of anilines is 1. The minimum atomic E-state index is -0.295. The van der Waals surface area contributed by atoms with Crippen molar-refractivity contribution in [3.8, 4) is 0 Å². The minimum Gasteiger partial charge on any atom is -0.363 e. The smallest absolute Gasteiger partial charge is 0.268 e. The van der Waals surface area contributed by atoms with E-state index in [2.05, 4.69) is 30.9 Å². The largest absolute Gasteiger partial charge is 0.363 e. The van der Waals surface area contributed by atoms with E-state index in [0.29, 0.717) is 15.7 Å². The van der Waals surface area contributed by atoms with Gasteiger partial charge in [0.15, 0.2) is 5.82 Å². The molecule has 0 saturated heterocycles. The van der Waals surface area contributed by atoms with E-state index in [0.717, 1.165) is 14.6 Å². The zero-order chi connectivity index (χ0) is 13.4. The van der Waals surface area contributed by atoms with E-state index in [9.17, 15) is 4.79 Å². The molecule has 1 N–H and O–H groups in total. The van der Waals surface area contributed by atoms with Crippen molar-refractivity contribution in [1.29, 1.82) is 0 Å². The molecule has 0 fully saturated rings. The highest BCUT2D eigenvalue weighted by Gasteiger charge is 2.18. The van der Waals surface area contributed by atoms with Gasteiger partial charge >= 0.3 is 0 Å². The summed E-state index contributed by atoms with van der Waals surface area (Å²) < 4.78 is 6.55. The number of hydrogen-bond donors (Lipinski definition) is 1. The molecule has 19 heavy (non-hydrogen) atoms. The average Bonchev–Trinajstić information content (AvgIpc) is 2.97. The molecule has 2 aromatic heterocycles. The zero-order valence-corrected chi connectivity index (χ0v) is 12.5. The molecule has 2 heterocycles. The normalized spacial score (nSPS) is 10.8. The van der Waals surface area contributed by atoms with Crippen molar-refractivity contribution in [1.82, 2.24) is 5.16 Å². The predicted octanol–water partition coefficient (Wildman–Crippen LogP) is 4.56. The van der Waals surface area contributed by atoms with Crippen LogP contribution in [0.2, 0.25) is 5.02 Å². The fourth-order valence-corrected chi connectivity index (χ4v) is 3.60. The summed E-state index contributed by atoms with van der Waals surface area (Å²) in [6.45, 7) is 0. The zero-order valence-electron chi connectivity index (χ0n) is 9.31. The molecule has 4 nitrogen and oxygen atoms in total. The van der Waals surface area contributed by atoms with Gasteiger partial charge in [0.05, 0.1) is 5.02 Å². The van der Waals surface area contributed by atoms with Crippen LogP contribution >= 0.6 is 38.9 Å². The first-order chi connectivity index (χ1) is 9.15. The highest BCUT2D eigenvalue weighted by atomic mass is 79.9. The Morgan fingerprint density at radius 3 is 3.00 bits per heavy atom. The quantitative estimate of drug-likeness (QED) is 0.731. The molecule has 0 aliphatic carbocycles. The van der Waals surface area contributed by atoms with Crippen LogP contribution in [0.5, 0.6) is 0 Å². The molecule has 0 spiro atoms. The first kappa shape index (κ1) is 12.7. The molecule has 0 bridgehead atoms. The van der Waals surface area contributed by atoms with Crippen molar-refractivity contribution < 1.29 is 9.32 Å². The van der Waals surface area contributed by atoms with Crippen LogP contribution in [0.4, 0.5) is 5.82 Å². The van der Waals surface area contributed by atoms with E-state index in [-0.39, 0.29) is 5.91 Å². The lowest BCUT2D eigenvalue weighted by atomic mass is 10.2. The van der Waals surface area contributed by atoms with E-state index in [1.165, 1.54) is 17.6 Å². The summed E-state index contributed by atoms with van der Waals surface area (Å²) in [6, 6.07) is 7.26. The highest BCUT2D eigenvalue weighted by Crippen LogP contribution is 2.37. The number of rotatable bonds is 2. The second kappa shape index (κ2) is 4.96. The predicted molar refractivity (Wildman–Crippen MR) is 79.0 cm³/mol. The molecule has 3 aromatic rings. The molecule has 3 rings (SSSR count). The van der Waals surface area contributed by atoms with Crippen LogP contribution in [-0.2, 0) is 0 Å². The molecule has 0 aliphatic heterocycles. The van der Waals surface area contributed by atoms with Gasteiger partial charge in [0.1, 0.15) is 11.1 Å². The third-order valence-corrected chi connectivity index (χ3v) is 4.63. The standard InChI is InChI=1S/C12H6BrClN2O2S/c13-6-1-2-7-8(5-6)19-11(10(7)14)12(17)15-9-3-4-18-16-9/h1-5H,(H,15,16,17). The highest BCUT2D eigenvalue weighted by molar-refractivity contribution is 9.10. The Balaban J connectivity index is 2.00. The number of benzene rings is 1. The molecule has 0 unspecified atom stereocenters. The van der Waals surface area contributed by atoms with Gasteiger partial charge in [0.25, 0.3) is 5.91 Å². The number of fused-ring (bicyclic) bond motifs is 1. The lowest BCUT2D eigenvalue weighted by Crippen LogP contribution is -2.10. The molecule has 1 aromatic carbocycles. The SMILES string of the molecule is O=C(Nc1ccon1)c1sc2cc(Br)ccc2c1Cl. The van der Waals surface area contributed by atoms with E-state index >= 15 is 0 Å². The number of thiophene rings is 1. The van der Waals surface area contributed by atoms with Gasteiger partial charge in [0, 0.05) is 20.6 Å². The van der Waals surface area contributed by atoms with Crippen molar-refractivity contribution in [2.45, 2.75) is 0 Å². The van der Waals surface area contributed by atoms with Crippen LogP contribution in [-0.4, -0.2) is 11.1 Å². The molecule has 0 aliphatic rings. The fraction of sp³-hybridized carbons (Fsp3) is 0. The van der Waals surface area contributed by atoms with Gasteiger partial charge in [-0.15, -0.1) is 11.3 Å². The first-order valence-electron chi connectivity index (χ1n) is 5.24. The van der Waals surface area contributed by atoms with Gasteiger partial charge in [0.2, 0.25) is 0 Å². The van der Waals surface area contributed by atoms with Gasteiger partial charge in [-0.2, -0.15) is 0 Å². The number of amides is 1. The summed E-state index contributed by atoms with van der Waals surface area (Å²) >= 11 is 11.0. The molecule has 96 valence electrons. The van der Waals surface area contributed by atoms with Gasteiger partial charge in [-0.05, 0) is 12.1 Å². The molecule has 0 radical (unpaired) electrons. The lowest BCUT2D eigenvalue weighted by Gasteiger charge is -1.98. The van der Waals surface area contributed by atoms with Crippen molar-refractivity contribution in [3.05, 3.63) is 44.9 Å². The van der Waals surface area contributed by atoms with E-state index in [4.69, 9.17) is 11.6 Å². The summed E-state index contributed by atoms with van der Waals surface area (Å²) in [7, 11) is 0. The second-order valence-electron chi connectivity index (χ2n) is 3.72. The number of carbonyl (C=O) groups excluding carboxylic acids is 1. The summed E-state index contributed by atoms with van der Waals surface area (Å²) in [5.74, 6) is 0.0657. The molecule has 7 heteroatoms. The van der Waals surface area contributed by atoms with Crippen LogP contribution < -0.4 is 5.32 Å². The summed E-state index contributed by atoms with van der Waals surface area (Å²) in [4.78, 5) is 12.6. The van der Waals surface area contributed by atoms with Gasteiger partial charge in [-0.25, -0.2) is 0 Å². The van der Waals surface area contributed by atoms with Crippen molar-refractivity contribution in [2.75, 3.05) is 5.32 Å². The number of hydrogen-bond acceptors (Lipinski definition) is 4. The van der Waals surface area contributed by atoms with Crippen LogP contribution in [0, 0.1) is 0 Å². The van der Waals surface area contributed by atoms with Crippen molar-refractivity contribution in [2.24, 2.45) is 0 Å². The lowest BCUT2D eigenvalue weighted by molar-refractivity contribution is 0.103. The van der Waals surface area contributed by atoms with Crippen LogP contribution in [0.3, 0.4) is 0 Å². The summed E-state index contributed by atoms with van der Waals surface area (Å²) in [5, 5.41) is 7.57. The molecule has 1 amide bonds. The van der Waals surface area contributed by atoms with Crippen molar-refractivity contribution >= 4 is 60.7 Å². The van der Waals surface area contributed by atoms with E-state index in [1.807, 2.05) is 18.2 Å². The number of halogens is 2. The Labute approximate surface area is 125 Å². The Kier molecular flexibility index (Phi) is 3.30. The Morgan fingerprint density at radius 1 is 1.42 bits per heavy atom. The van der Waals surface area contributed by atoms with E-state index < -0.39 is 0 Å². The summed E-state index contributed by atoms with van der Waals surface area (Å²) in [6.07, 6.45) is 1.39. The van der Waals surface area contributed by atoms with Crippen LogP contribution in [0.25, 0.3) is 10.1 Å². The maximum absolute atomic E-state index is 12.1. The molecule has 0 saturated carbocycles. The average molecular weight is 358 g/mol. The molecular formula is C12H6BrClN2O2S. The van der Waals surface area contributed by atoms with E-state index in [1.54, 1.807) is 6.07 Å². The number of nitrogens with zero attached hydrogens (tertiary/aromatic N) is 1. The third kappa shape index (κ3) is 2.39. The molecular weight excluding hydrogens is 352 g/mol. The van der Waals surface area contributed by atoms with Crippen LogP contribution in [0.1, 0.15) is 9.67 Å². The Hall–Kier alpha value is -1.37. The number of aromatic nitrogens is 1. The Bertz CT molecular complexity index is 755. The molecule has 0 atom stereocenters. The van der Waals surface area contributed by atoms with Crippen molar-refractivity contribution in [3.63, 3.8) is 0 Å². The fourth-order valence-electron chi connectivity index (χ4n) is 1.64. The van der Waals surface area contributed by atoms with Gasteiger partial charge in [-0.3, -0.25) is 4.79 Å². The van der Waals surface area contributed by atoms with Gasteiger partial charge in [-0.1, -0.05) is 38.8 Å². The number of nitrogens with one attached hydrogen (secondary N) is 1. The van der Waals surface area contributed by atoms with Gasteiger partial charge < -0.3 is 9.84 Å². The number of carbonyl (C=O) groups is 1. The maximum atomic E-state index is 12.1. The van der Waals surface area contributed by atoms with Crippen LogP contribution in [0.15, 0.2) is 39.5 Å². The first-order valence-corrected chi connectivity index (χ1v) is 7.23. The monoisotopic (exact) mass is 356 g/mol. The minimum absolute atomic E-state index is 0.295. The third-order valence-electron chi connectivity index (χ3n) is 2.48. The summed E-state index contributed by atoms with van der Waals surface area (Å²) in [5.41, 5.74) is 0.